The van der Waals surface area contributed by atoms with Gasteiger partial charge in [0.1, 0.15) is 34.9 Å². The van der Waals surface area contributed by atoms with Gasteiger partial charge in [-0.2, -0.15) is 0 Å². The summed E-state index contributed by atoms with van der Waals surface area (Å²) in [5, 5.41) is 5.50. The van der Waals surface area contributed by atoms with Crippen molar-refractivity contribution < 1.29 is 19.2 Å². The number of hydrogen-bond acceptors (Lipinski definition) is 7. The van der Waals surface area contributed by atoms with Gasteiger partial charge in [0.15, 0.2) is 0 Å². The Hall–Kier alpha value is -5.47. The Bertz CT molecular complexity index is 1490. The number of aromatic nitrogens is 3. The fourth-order valence-electron chi connectivity index (χ4n) is 5.44. The van der Waals surface area contributed by atoms with Crippen LogP contribution in [-0.4, -0.2) is 91.4 Å². The molecule has 0 aliphatic carbocycles. The van der Waals surface area contributed by atoms with E-state index in [0.29, 0.717) is 87.3 Å². The molecule has 4 aliphatic heterocycles. The molecule has 15 nitrogen and oxygen atoms in total. The van der Waals surface area contributed by atoms with Gasteiger partial charge in [-0.3, -0.25) is 29.4 Å². The second kappa shape index (κ2) is 10.2. The van der Waals surface area contributed by atoms with E-state index >= 15 is 0 Å². The van der Waals surface area contributed by atoms with Crippen LogP contribution in [0.2, 0.25) is 0 Å². The van der Waals surface area contributed by atoms with E-state index in [1.54, 1.807) is 74.2 Å². The standard InChI is InChI=1S/C27H27N11O4/c39-24-28-10-12-33(24)18-4-1-6-20(30-18)35-14-16-37(26(35)41)22-8-3-9-23(32-22)38-17-15-36(27(38)42)21-7-2-5-19(31-21)34-13-11-29-25(34)40/h1-9H,10-17H2,(H,28,39)(H,29,40). The highest BCUT2D eigenvalue weighted by atomic mass is 16.2. The van der Waals surface area contributed by atoms with Crippen LogP contribution in [0.25, 0.3) is 0 Å². The molecular weight excluding hydrogens is 542 g/mol. The van der Waals surface area contributed by atoms with Gasteiger partial charge in [0.05, 0.1) is 0 Å². The molecule has 8 amide bonds. The molecule has 0 aromatic carbocycles. The van der Waals surface area contributed by atoms with Crippen molar-refractivity contribution in [3.63, 3.8) is 0 Å². The van der Waals surface area contributed by atoms with Crippen LogP contribution < -0.4 is 40.0 Å². The number of amides is 8. The van der Waals surface area contributed by atoms with E-state index in [1.807, 2.05) is 0 Å². The first kappa shape index (κ1) is 25.5. The maximum atomic E-state index is 13.5. The molecule has 4 fully saturated rings. The molecule has 0 radical (unpaired) electrons. The molecule has 3 aromatic heterocycles. The lowest BCUT2D eigenvalue weighted by atomic mass is 10.4. The van der Waals surface area contributed by atoms with E-state index in [9.17, 15) is 19.2 Å². The van der Waals surface area contributed by atoms with Gasteiger partial charge in [0.25, 0.3) is 0 Å². The van der Waals surface area contributed by atoms with Crippen molar-refractivity contribution in [2.24, 2.45) is 0 Å². The number of rotatable bonds is 6. The van der Waals surface area contributed by atoms with Crippen molar-refractivity contribution in [2.75, 3.05) is 81.8 Å². The Kier molecular flexibility index (Phi) is 6.18. The van der Waals surface area contributed by atoms with E-state index in [2.05, 4.69) is 25.6 Å². The van der Waals surface area contributed by atoms with Gasteiger partial charge in [-0.15, -0.1) is 0 Å². The number of carbonyl (C=O) groups excluding carboxylic acids is 4. The largest absolute Gasteiger partial charge is 0.336 e. The maximum absolute atomic E-state index is 13.5. The quantitative estimate of drug-likeness (QED) is 0.460. The molecule has 7 heterocycles. The SMILES string of the molecule is O=C1NCCN1c1cccc(N2CCN(c3cccc(N4CCN(c5cccc(N6CCNC6=O)n5)C4=O)n3)C2=O)n1. The molecule has 4 aliphatic rings. The van der Waals surface area contributed by atoms with E-state index in [1.165, 1.54) is 9.80 Å². The first-order chi connectivity index (χ1) is 20.5. The van der Waals surface area contributed by atoms with E-state index < -0.39 is 0 Å². The highest BCUT2D eigenvalue weighted by molar-refractivity contribution is 6.07. The number of hydrogen-bond donors (Lipinski definition) is 2. The Morgan fingerprint density at radius 1 is 0.429 bits per heavy atom. The Morgan fingerprint density at radius 3 is 0.976 bits per heavy atom. The summed E-state index contributed by atoms with van der Waals surface area (Å²) in [5.74, 6) is 2.69. The lowest BCUT2D eigenvalue weighted by Crippen LogP contribution is -2.35. The van der Waals surface area contributed by atoms with Crippen molar-refractivity contribution in [3.05, 3.63) is 54.6 Å². The monoisotopic (exact) mass is 569 g/mol. The first-order valence-corrected chi connectivity index (χ1v) is 13.7. The van der Waals surface area contributed by atoms with Gasteiger partial charge in [-0.25, -0.2) is 34.1 Å². The molecule has 0 atom stereocenters. The van der Waals surface area contributed by atoms with Gasteiger partial charge in [-0.1, -0.05) is 18.2 Å². The summed E-state index contributed by atoms with van der Waals surface area (Å²) < 4.78 is 0. The number of nitrogens with one attached hydrogen (secondary N) is 2. The van der Waals surface area contributed by atoms with Crippen molar-refractivity contribution in [1.29, 1.82) is 0 Å². The van der Waals surface area contributed by atoms with Crippen LogP contribution in [0.4, 0.5) is 54.1 Å². The fourth-order valence-corrected chi connectivity index (χ4v) is 5.44. The molecule has 0 saturated carbocycles. The van der Waals surface area contributed by atoms with Gasteiger partial charge >= 0.3 is 24.1 Å². The molecule has 3 aromatic rings. The van der Waals surface area contributed by atoms with Crippen LogP contribution in [0.5, 0.6) is 0 Å². The second-order valence-electron chi connectivity index (χ2n) is 10.0. The summed E-state index contributed by atoms with van der Waals surface area (Å²) >= 11 is 0. The molecule has 7 rings (SSSR count). The van der Waals surface area contributed by atoms with Gasteiger partial charge < -0.3 is 10.6 Å². The molecule has 214 valence electrons. The van der Waals surface area contributed by atoms with Crippen LogP contribution in [0.3, 0.4) is 0 Å². The van der Waals surface area contributed by atoms with Crippen LogP contribution in [0.15, 0.2) is 54.6 Å². The van der Waals surface area contributed by atoms with Crippen molar-refractivity contribution >= 4 is 59.0 Å². The molecule has 2 N–H and O–H groups in total. The first-order valence-electron chi connectivity index (χ1n) is 13.7. The lowest BCUT2D eigenvalue weighted by Gasteiger charge is -2.21. The predicted molar refractivity (Wildman–Crippen MR) is 154 cm³/mol. The highest BCUT2D eigenvalue weighted by Crippen LogP contribution is 2.29. The zero-order chi connectivity index (χ0) is 28.8. The summed E-state index contributed by atoms with van der Waals surface area (Å²) in [6, 6.07) is 14.7. The van der Waals surface area contributed by atoms with Crippen molar-refractivity contribution in [3.8, 4) is 0 Å². The van der Waals surface area contributed by atoms with Crippen LogP contribution in [0, 0.1) is 0 Å². The minimum Gasteiger partial charge on any atom is -0.336 e. The molecule has 0 unspecified atom stereocenters. The molecule has 42 heavy (non-hydrogen) atoms. The third kappa shape index (κ3) is 4.34. The molecule has 4 saturated heterocycles. The average molecular weight is 570 g/mol. The predicted octanol–water partition coefficient (Wildman–Crippen LogP) is 1.82. The maximum Gasteiger partial charge on any atom is 0.331 e. The van der Waals surface area contributed by atoms with Gasteiger partial charge in [0, 0.05) is 52.4 Å². The van der Waals surface area contributed by atoms with Gasteiger partial charge in [0.2, 0.25) is 0 Å². The van der Waals surface area contributed by atoms with E-state index in [-0.39, 0.29) is 24.1 Å². The smallest absolute Gasteiger partial charge is 0.331 e. The normalized spacial score (nSPS) is 19.0. The Labute approximate surface area is 240 Å². The third-order valence-electron chi connectivity index (χ3n) is 7.55. The number of nitrogens with zero attached hydrogens (tertiary/aromatic N) is 9. The van der Waals surface area contributed by atoms with Crippen LogP contribution in [0.1, 0.15) is 0 Å². The molecule has 0 bridgehead atoms. The average Bonchev–Trinajstić information content (AvgIpc) is 3.81. The minimum atomic E-state index is -0.295. The molecule has 15 heteroatoms. The lowest BCUT2D eigenvalue weighted by molar-refractivity contribution is 0.251. The van der Waals surface area contributed by atoms with Crippen molar-refractivity contribution in [2.45, 2.75) is 0 Å². The Balaban J connectivity index is 1.07. The zero-order valence-corrected chi connectivity index (χ0v) is 22.5. The minimum absolute atomic E-state index is 0.215. The van der Waals surface area contributed by atoms with E-state index in [0.717, 1.165) is 0 Å². The van der Waals surface area contributed by atoms with Gasteiger partial charge in [-0.05, 0) is 36.4 Å². The molecule has 0 spiro atoms. The zero-order valence-electron chi connectivity index (χ0n) is 22.5. The highest BCUT2D eigenvalue weighted by Gasteiger charge is 2.36. The number of urea groups is 4. The van der Waals surface area contributed by atoms with Crippen LogP contribution >= 0.6 is 0 Å². The summed E-state index contributed by atoms with van der Waals surface area (Å²) in [4.78, 5) is 74.1. The topological polar surface area (TPSA) is 150 Å². The summed E-state index contributed by atoms with van der Waals surface area (Å²) in [5.41, 5.74) is 0. The van der Waals surface area contributed by atoms with Crippen molar-refractivity contribution in [1.82, 2.24) is 25.6 Å². The number of carbonyl (C=O) groups is 4. The van der Waals surface area contributed by atoms with Crippen LogP contribution in [-0.2, 0) is 0 Å². The number of pyridine rings is 3. The summed E-state index contributed by atoms with van der Waals surface area (Å²) in [7, 11) is 0. The number of anilines is 6. The van der Waals surface area contributed by atoms with E-state index in [4.69, 9.17) is 0 Å². The third-order valence-corrected chi connectivity index (χ3v) is 7.55. The fraction of sp³-hybridized carbons (Fsp3) is 0.296. The molecular formula is C27H27N11O4. The Morgan fingerprint density at radius 2 is 0.714 bits per heavy atom. The second-order valence-corrected chi connectivity index (χ2v) is 10.0. The summed E-state index contributed by atoms with van der Waals surface area (Å²) in [6.45, 7) is 3.65. The summed E-state index contributed by atoms with van der Waals surface area (Å²) in [6.07, 6.45) is 0.